The SMILES string of the molecule is CC1=C(CCN2CCOCC2)c2ccccc2/C1=C/c1ccc(C)c2ccccc12. The van der Waals surface area contributed by atoms with Crippen molar-refractivity contribution < 1.29 is 4.74 Å². The zero-order valence-electron chi connectivity index (χ0n) is 17.9. The third-order valence-electron chi connectivity index (χ3n) is 6.66. The number of allylic oxidation sites excluding steroid dienone is 2. The van der Waals surface area contributed by atoms with Crippen LogP contribution in [-0.4, -0.2) is 37.7 Å². The molecule has 1 fully saturated rings. The molecule has 3 aromatic carbocycles. The molecule has 3 aromatic rings. The van der Waals surface area contributed by atoms with Crippen LogP contribution in [0.2, 0.25) is 0 Å². The fourth-order valence-electron chi connectivity index (χ4n) is 4.90. The van der Waals surface area contributed by atoms with Gasteiger partial charge in [-0.2, -0.15) is 0 Å². The van der Waals surface area contributed by atoms with Crippen molar-refractivity contribution in [3.63, 3.8) is 0 Å². The van der Waals surface area contributed by atoms with Crippen LogP contribution in [0.25, 0.3) is 28.0 Å². The van der Waals surface area contributed by atoms with E-state index in [2.05, 4.69) is 85.5 Å². The molecule has 152 valence electrons. The van der Waals surface area contributed by atoms with Gasteiger partial charge in [0.2, 0.25) is 0 Å². The number of fused-ring (bicyclic) bond motifs is 2. The van der Waals surface area contributed by atoms with Crippen molar-refractivity contribution in [2.45, 2.75) is 20.3 Å². The minimum Gasteiger partial charge on any atom is -0.379 e. The van der Waals surface area contributed by atoms with Crippen LogP contribution in [0, 0.1) is 6.92 Å². The van der Waals surface area contributed by atoms with E-state index in [4.69, 9.17) is 4.74 Å². The topological polar surface area (TPSA) is 12.5 Å². The third-order valence-corrected chi connectivity index (χ3v) is 6.66. The molecule has 0 aromatic heterocycles. The van der Waals surface area contributed by atoms with Crippen molar-refractivity contribution in [1.29, 1.82) is 0 Å². The first-order valence-electron chi connectivity index (χ1n) is 11.0. The molecule has 0 atom stereocenters. The summed E-state index contributed by atoms with van der Waals surface area (Å²) < 4.78 is 5.51. The summed E-state index contributed by atoms with van der Waals surface area (Å²) in [6.45, 7) is 9.42. The first kappa shape index (κ1) is 19.3. The van der Waals surface area contributed by atoms with Crippen molar-refractivity contribution in [1.82, 2.24) is 4.90 Å². The first-order chi connectivity index (χ1) is 14.7. The number of rotatable bonds is 4. The number of benzene rings is 3. The molecule has 0 bridgehead atoms. The molecule has 1 heterocycles. The van der Waals surface area contributed by atoms with Crippen LogP contribution in [-0.2, 0) is 4.74 Å². The average molecular weight is 396 g/mol. The van der Waals surface area contributed by atoms with E-state index in [1.807, 2.05) is 0 Å². The van der Waals surface area contributed by atoms with Gasteiger partial charge in [0.25, 0.3) is 0 Å². The predicted molar refractivity (Wildman–Crippen MR) is 127 cm³/mol. The Labute approximate surface area is 179 Å². The molecule has 0 N–H and O–H groups in total. The van der Waals surface area contributed by atoms with Gasteiger partial charge in [-0.05, 0) is 76.1 Å². The van der Waals surface area contributed by atoms with Gasteiger partial charge >= 0.3 is 0 Å². The zero-order chi connectivity index (χ0) is 20.5. The summed E-state index contributed by atoms with van der Waals surface area (Å²) in [7, 11) is 0. The molecule has 0 amide bonds. The van der Waals surface area contributed by atoms with E-state index in [-0.39, 0.29) is 0 Å². The number of nitrogens with zero attached hydrogens (tertiary/aromatic N) is 1. The van der Waals surface area contributed by atoms with E-state index >= 15 is 0 Å². The minimum absolute atomic E-state index is 0.861. The second-order valence-electron chi connectivity index (χ2n) is 8.43. The Morgan fingerprint density at radius 2 is 1.53 bits per heavy atom. The molecular weight excluding hydrogens is 366 g/mol. The molecule has 1 aliphatic carbocycles. The summed E-state index contributed by atoms with van der Waals surface area (Å²) in [5, 5.41) is 2.67. The molecule has 1 aliphatic heterocycles. The van der Waals surface area contributed by atoms with E-state index < -0.39 is 0 Å². The predicted octanol–water partition coefficient (Wildman–Crippen LogP) is 6.20. The van der Waals surface area contributed by atoms with Crippen LogP contribution < -0.4 is 0 Å². The molecule has 1 saturated heterocycles. The number of hydrogen-bond donors (Lipinski definition) is 0. The van der Waals surface area contributed by atoms with Gasteiger partial charge in [0.05, 0.1) is 13.2 Å². The fraction of sp³-hybridized carbons (Fsp3) is 0.286. The largest absolute Gasteiger partial charge is 0.379 e. The lowest BCUT2D eigenvalue weighted by molar-refractivity contribution is 0.0390. The Hall–Kier alpha value is -2.68. The monoisotopic (exact) mass is 395 g/mol. The zero-order valence-corrected chi connectivity index (χ0v) is 17.9. The Morgan fingerprint density at radius 3 is 2.33 bits per heavy atom. The summed E-state index contributed by atoms with van der Waals surface area (Å²) in [4.78, 5) is 2.53. The standard InChI is InChI=1S/C28H29NO/c1-20-11-12-22(25-8-4-3-7-23(20)25)19-28-21(2)24(26-9-5-6-10-27(26)28)13-14-29-15-17-30-18-16-29/h3-12,19H,13-18H2,1-2H3/b28-19+. The van der Waals surface area contributed by atoms with Gasteiger partial charge in [0, 0.05) is 19.6 Å². The van der Waals surface area contributed by atoms with Gasteiger partial charge in [-0.25, -0.2) is 0 Å². The van der Waals surface area contributed by atoms with Crippen molar-refractivity contribution in [3.05, 3.63) is 88.5 Å². The highest BCUT2D eigenvalue weighted by molar-refractivity contribution is 6.07. The highest BCUT2D eigenvalue weighted by Crippen LogP contribution is 2.44. The molecule has 5 rings (SSSR count). The Morgan fingerprint density at radius 1 is 0.833 bits per heavy atom. The molecule has 0 unspecified atom stereocenters. The highest BCUT2D eigenvalue weighted by atomic mass is 16.5. The third kappa shape index (κ3) is 3.51. The highest BCUT2D eigenvalue weighted by Gasteiger charge is 2.24. The van der Waals surface area contributed by atoms with Gasteiger partial charge in [0.1, 0.15) is 0 Å². The lowest BCUT2D eigenvalue weighted by Crippen LogP contribution is -2.36. The van der Waals surface area contributed by atoms with Crippen molar-refractivity contribution in [2.24, 2.45) is 0 Å². The van der Waals surface area contributed by atoms with Gasteiger partial charge in [-0.1, -0.05) is 60.7 Å². The van der Waals surface area contributed by atoms with Gasteiger partial charge in [-0.3, -0.25) is 4.90 Å². The van der Waals surface area contributed by atoms with E-state index in [9.17, 15) is 0 Å². The number of hydrogen-bond acceptors (Lipinski definition) is 2. The smallest absolute Gasteiger partial charge is 0.0594 e. The quantitative estimate of drug-likeness (QED) is 0.522. The molecule has 2 heteroatoms. The van der Waals surface area contributed by atoms with Crippen LogP contribution in [0.5, 0.6) is 0 Å². The van der Waals surface area contributed by atoms with Gasteiger partial charge in [0.15, 0.2) is 0 Å². The van der Waals surface area contributed by atoms with Gasteiger partial charge in [-0.15, -0.1) is 0 Å². The minimum atomic E-state index is 0.861. The Kier molecular flexibility index (Phi) is 5.28. The molecule has 2 aliphatic rings. The van der Waals surface area contributed by atoms with E-state index in [0.717, 1.165) is 39.3 Å². The lowest BCUT2D eigenvalue weighted by atomic mass is 9.96. The second-order valence-corrected chi connectivity index (χ2v) is 8.43. The number of morpholine rings is 1. The van der Waals surface area contributed by atoms with E-state index in [1.165, 1.54) is 49.7 Å². The lowest BCUT2D eigenvalue weighted by Gasteiger charge is -2.26. The number of ether oxygens (including phenoxy) is 1. The molecule has 0 spiro atoms. The van der Waals surface area contributed by atoms with Crippen molar-refractivity contribution >= 4 is 28.0 Å². The van der Waals surface area contributed by atoms with Crippen LogP contribution >= 0.6 is 0 Å². The van der Waals surface area contributed by atoms with E-state index in [0.29, 0.717) is 0 Å². The first-order valence-corrected chi connectivity index (χ1v) is 11.0. The summed E-state index contributed by atoms with van der Waals surface area (Å²) in [5.74, 6) is 0. The van der Waals surface area contributed by atoms with Crippen molar-refractivity contribution in [3.8, 4) is 0 Å². The summed E-state index contributed by atoms with van der Waals surface area (Å²) in [6.07, 6.45) is 3.49. The molecule has 0 radical (unpaired) electrons. The summed E-state index contributed by atoms with van der Waals surface area (Å²) in [6, 6.07) is 22.2. The molecule has 0 saturated carbocycles. The van der Waals surface area contributed by atoms with Crippen LogP contribution in [0.3, 0.4) is 0 Å². The maximum Gasteiger partial charge on any atom is 0.0594 e. The maximum atomic E-state index is 5.51. The molecular formula is C28H29NO. The molecule has 30 heavy (non-hydrogen) atoms. The Balaban J connectivity index is 1.55. The number of aryl methyl sites for hydroxylation is 1. The van der Waals surface area contributed by atoms with Crippen LogP contribution in [0.15, 0.2) is 66.2 Å². The molecule has 2 nitrogen and oxygen atoms in total. The second kappa shape index (κ2) is 8.22. The average Bonchev–Trinajstić information content (AvgIpc) is 3.06. The van der Waals surface area contributed by atoms with Crippen LogP contribution in [0.1, 0.15) is 35.6 Å². The Bertz CT molecular complexity index is 1150. The fourth-order valence-corrected chi connectivity index (χ4v) is 4.90. The van der Waals surface area contributed by atoms with E-state index in [1.54, 1.807) is 0 Å². The van der Waals surface area contributed by atoms with Crippen molar-refractivity contribution in [2.75, 3.05) is 32.8 Å². The van der Waals surface area contributed by atoms with Gasteiger partial charge < -0.3 is 4.74 Å². The maximum absolute atomic E-state index is 5.51. The van der Waals surface area contributed by atoms with Crippen LogP contribution in [0.4, 0.5) is 0 Å². The summed E-state index contributed by atoms with van der Waals surface area (Å²) >= 11 is 0. The summed E-state index contributed by atoms with van der Waals surface area (Å²) in [5.41, 5.74) is 9.71. The normalized spacial score (nSPS) is 18.4.